The first-order valence-electron chi connectivity index (χ1n) is 10.0. The highest BCUT2D eigenvalue weighted by molar-refractivity contribution is 6.01. The molecular formula is C22H25N3O4. The van der Waals surface area contributed by atoms with Crippen LogP contribution in [0.2, 0.25) is 0 Å². The quantitative estimate of drug-likeness (QED) is 0.457. The van der Waals surface area contributed by atoms with Gasteiger partial charge in [-0.05, 0) is 42.7 Å². The van der Waals surface area contributed by atoms with E-state index in [2.05, 4.69) is 4.98 Å². The lowest BCUT2D eigenvalue weighted by Gasteiger charge is -2.17. The number of imide groups is 1. The number of carbonyl (C=O) groups is 2. The molecule has 7 nitrogen and oxygen atoms in total. The van der Waals surface area contributed by atoms with Crippen LogP contribution in [0.1, 0.15) is 30.0 Å². The fourth-order valence-corrected chi connectivity index (χ4v) is 3.35. The Bertz CT molecular complexity index is 854. The summed E-state index contributed by atoms with van der Waals surface area (Å²) in [4.78, 5) is 32.1. The normalized spacial score (nSPS) is 16.6. The van der Waals surface area contributed by atoms with Crippen LogP contribution in [0, 0.1) is 0 Å². The summed E-state index contributed by atoms with van der Waals surface area (Å²) in [6.07, 6.45) is 4.15. The zero-order valence-electron chi connectivity index (χ0n) is 16.3. The van der Waals surface area contributed by atoms with Gasteiger partial charge in [0.15, 0.2) is 0 Å². The van der Waals surface area contributed by atoms with Crippen LogP contribution < -0.4 is 4.74 Å². The summed E-state index contributed by atoms with van der Waals surface area (Å²) in [7, 11) is 0. The van der Waals surface area contributed by atoms with Crippen molar-refractivity contribution in [2.45, 2.75) is 25.3 Å². The summed E-state index contributed by atoms with van der Waals surface area (Å²) in [5, 5.41) is 0. The van der Waals surface area contributed by atoms with Crippen molar-refractivity contribution in [1.82, 2.24) is 14.8 Å². The molecule has 2 aromatic rings. The van der Waals surface area contributed by atoms with Crippen LogP contribution in [0.15, 0.2) is 48.7 Å². The molecule has 0 bridgehead atoms. The van der Waals surface area contributed by atoms with Gasteiger partial charge >= 0.3 is 6.03 Å². The summed E-state index contributed by atoms with van der Waals surface area (Å²) in [6, 6.07) is 13.2. The first-order valence-corrected chi connectivity index (χ1v) is 10.0. The van der Waals surface area contributed by atoms with Gasteiger partial charge in [0.05, 0.1) is 19.8 Å². The highest BCUT2D eigenvalue weighted by atomic mass is 16.5. The molecule has 1 saturated carbocycles. The van der Waals surface area contributed by atoms with Gasteiger partial charge in [-0.2, -0.15) is 0 Å². The van der Waals surface area contributed by atoms with Crippen LogP contribution in [0.25, 0.3) is 0 Å². The highest BCUT2D eigenvalue weighted by Gasteiger charge is 2.35. The Morgan fingerprint density at radius 2 is 1.86 bits per heavy atom. The minimum atomic E-state index is -0.260. The van der Waals surface area contributed by atoms with Crippen molar-refractivity contribution in [1.29, 1.82) is 0 Å². The van der Waals surface area contributed by atoms with Crippen molar-refractivity contribution in [2.24, 2.45) is 0 Å². The Morgan fingerprint density at radius 3 is 2.66 bits per heavy atom. The van der Waals surface area contributed by atoms with Crippen LogP contribution in [0.4, 0.5) is 4.79 Å². The summed E-state index contributed by atoms with van der Waals surface area (Å²) in [5.41, 5.74) is 2.10. The molecule has 2 heterocycles. The van der Waals surface area contributed by atoms with Gasteiger partial charge in [0.25, 0.3) is 0 Å². The van der Waals surface area contributed by atoms with Crippen LogP contribution in [-0.4, -0.2) is 59.6 Å². The Hall–Kier alpha value is -2.93. The molecule has 0 atom stereocenters. The van der Waals surface area contributed by atoms with Crippen LogP contribution in [0.5, 0.6) is 5.75 Å². The van der Waals surface area contributed by atoms with E-state index >= 15 is 0 Å². The van der Waals surface area contributed by atoms with E-state index in [0.717, 1.165) is 17.0 Å². The van der Waals surface area contributed by atoms with Gasteiger partial charge in [0.1, 0.15) is 18.9 Å². The van der Waals surface area contributed by atoms with Gasteiger partial charge in [-0.3, -0.25) is 14.7 Å². The first kappa shape index (κ1) is 19.4. The molecule has 0 spiro atoms. The number of para-hydroxylation sites is 1. The number of urea groups is 1. The number of pyridine rings is 1. The van der Waals surface area contributed by atoms with E-state index in [4.69, 9.17) is 9.47 Å². The molecule has 7 heteroatoms. The van der Waals surface area contributed by atoms with Crippen LogP contribution >= 0.6 is 0 Å². The lowest BCUT2D eigenvalue weighted by molar-refractivity contribution is -0.125. The number of carbonyl (C=O) groups excluding carboxylic acids is 2. The molecule has 1 saturated heterocycles. The van der Waals surface area contributed by atoms with Gasteiger partial charge in [-0.15, -0.1) is 0 Å². The van der Waals surface area contributed by atoms with E-state index in [9.17, 15) is 9.59 Å². The first-order chi connectivity index (χ1) is 14.2. The number of hydrogen-bond donors (Lipinski definition) is 0. The molecule has 152 valence electrons. The maximum Gasteiger partial charge on any atom is 0.327 e. The van der Waals surface area contributed by atoms with Gasteiger partial charge in [-0.1, -0.05) is 18.2 Å². The molecule has 0 N–H and O–H groups in total. The van der Waals surface area contributed by atoms with E-state index in [0.29, 0.717) is 32.3 Å². The predicted octanol–water partition coefficient (Wildman–Crippen LogP) is 2.82. The summed E-state index contributed by atoms with van der Waals surface area (Å²) < 4.78 is 11.1. The molecule has 1 aromatic carbocycles. The van der Waals surface area contributed by atoms with Gasteiger partial charge in [-0.25, -0.2) is 4.79 Å². The van der Waals surface area contributed by atoms with E-state index < -0.39 is 0 Å². The number of nitrogens with zero attached hydrogens (tertiary/aromatic N) is 3. The average molecular weight is 395 g/mol. The summed E-state index contributed by atoms with van der Waals surface area (Å²) in [6.45, 7) is 1.90. The SMILES string of the molecule is O=C1CN(Cc2ccnc(C3CC3)c2)C(=O)N1CCOCCOc1ccccc1. The molecule has 29 heavy (non-hydrogen) atoms. The number of aromatic nitrogens is 1. The fraction of sp³-hybridized carbons (Fsp3) is 0.409. The van der Waals surface area contributed by atoms with Crippen molar-refractivity contribution in [3.63, 3.8) is 0 Å². The molecule has 2 aliphatic rings. The van der Waals surface area contributed by atoms with Crippen molar-refractivity contribution in [3.05, 3.63) is 59.9 Å². The molecular weight excluding hydrogens is 370 g/mol. The Labute approximate surface area is 170 Å². The molecule has 3 amide bonds. The predicted molar refractivity (Wildman–Crippen MR) is 106 cm³/mol. The van der Waals surface area contributed by atoms with Crippen molar-refractivity contribution in [3.8, 4) is 5.75 Å². The standard InChI is InChI=1S/C22H25N3O4/c26-21-16-24(15-17-8-9-23-20(14-17)18-6-7-18)22(27)25(21)10-11-28-12-13-29-19-4-2-1-3-5-19/h1-5,8-9,14,18H,6-7,10-13,15-16H2. The molecule has 0 unspecified atom stereocenters. The van der Waals surface area contributed by atoms with E-state index in [1.165, 1.54) is 17.7 Å². The summed E-state index contributed by atoms with van der Waals surface area (Å²) in [5.74, 6) is 1.17. The van der Waals surface area contributed by atoms with E-state index in [1.807, 2.05) is 42.5 Å². The second-order valence-corrected chi connectivity index (χ2v) is 7.32. The molecule has 1 aliphatic heterocycles. The van der Waals surface area contributed by atoms with E-state index in [1.54, 1.807) is 11.1 Å². The zero-order chi connectivity index (χ0) is 20.1. The smallest absolute Gasteiger partial charge is 0.327 e. The molecule has 1 aliphatic carbocycles. The highest BCUT2D eigenvalue weighted by Crippen LogP contribution is 2.39. The number of benzene rings is 1. The Kier molecular flexibility index (Phi) is 6.05. The Morgan fingerprint density at radius 1 is 1.03 bits per heavy atom. The lowest BCUT2D eigenvalue weighted by atomic mass is 10.2. The maximum absolute atomic E-state index is 12.6. The minimum Gasteiger partial charge on any atom is -0.491 e. The van der Waals surface area contributed by atoms with Gasteiger partial charge in [0.2, 0.25) is 5.91 Å². The van der Waals surface area contributed by atoms with Crippen molar-refractivity contribution >= 4 is 11.9 Å². The number of rotatable bonds is 10. The number of hydrogen-bond acceptors (Lipinski definition) is 5. The third kappa shape index (κ3) is 5.12. The minimum absolute atomic E-state index is 0.108. The molecule has 4 rings (SSSR count). The topological polar surface area (TPSA) is 72.0 Å². The van der Waals surface area contributed by atoms with Gasteiger partial charge < -0.3 is 14.4 Å². The monoisotopic (exact) mass is 395 g/mol. The molecule has 2 fully saturated rings. The van der Waals surface area contributed by atoms with Crippen LogP contribution in [0.3, 0.4) is 0 Å². The molecule has 0 radical (unpaired) electrons. The fourth-order valence-electron chi connectivity index (χ4n) is 3.35. The number of amides is 3. The lowest BCUT2D eigenvalue weighted by Crippen LogP contribution is -2.35. The average Bonchev–Trinajstić information content (AvgIpc) is 3.55. The second kappa shape index (κ2) is 9.05. The van der Waals surface area contributed by atoms with Crippen molar-refractivity contribution < 1.29 is 19.1 Å². The van der Waals surface area contributed by atoms with Gasteiger partial charge in [0, 0.05) is 24.4 Å². The Balaban J connectivity index is 1.19. The second-order valence-electron chi connectivity index (χ2n) is 7.32. The van der Waals surface area contributed by atoms with E-state index in [-0.39, 0.29) is 25.0 Å². The largest absolute Gasteiger partial charge is 0.491 e. The maximum atomic E-state index is 12.6. The zero-order valence-corrected chi connectivity index (χ0v) is 16.3. The third-order valence-corrected chi connectivity index (χ3v) is 5.04. The van der Waals surface area contributed by atoms with Crippen molar-refractivity contribution in [2.75, 3.05) is 32.9 Å². The number of ether oxygens (including phenoxy) is 2. The summed E-state index contributed by atoms with van der Waals surface area (Å²) >= 11 is 0. The third-order valence-electron chi connectivity index (χ3n) is 5.04. The molecule has 1 aromatic heterocycles. The van der Waals surface area contributed by atoms with Crippen LogP contribution in [-0.2, 0) is 16.1 Å².